The molecule has 3 aromatic rings. The Morgan fingerprint density at radius 1 is 1.30 bits per heavy atom. The predicted molar refractivity (Wildman–Crippen MR) is 80.1 cm³/mol. The third-order valence-electron chi connectivity index (χ3n) is 3.01. The summed E-state index contributed by atoms with van der Waals surface area (Å²) in [5.74, 6) is -0.330. The fourth-order valence-corrected chi connectivity index (χ4v) is 1.98. The van der Waals surface area contributed by atoms with Gasteiger partial charge in [-0.25, -0.2) is 4.79 Å². The molecule has 118 valence electrons. The molecule has 3 rings (SSSR count). The Balaban J connectivity index is 1.75. The zero-order chi connectivity index (χ0) is 16.2. The predicted octanol–water partition coefficient (Wildman–Crippen LogP) is 1.74. The van der Waals surface area contributed by atoms with Crippen molar-refractivity contribution in [2.45, 2.75) is 6.54 Å². The lowest BCUT2D eigenvalue weighted by atomic mass is 10.3. The number of carbonyl (C=O) groups is 1. The minimum absolute atomic E-state index is 0.0186. The van der Waals surface area contributed by atoms with Gasteiger partial charge in [0.2, 0.25) is 5.91 Å². The van der Waals surface area contributed by atoms with E-state index >= 15 is 0 Å². The summed E-state index contributed by atoms with van der Waals surface area (Å²) in [4.78, 5) is 23.8. The minimum atomic E-state index is -0.744. The number of hydrogen-bond donors (Lipinski definition) is 1. The minimum Gasteiger partial charge on any atom is -0.495 e. The number of furan rings is 1. The summed E-state index contributed by atoms with van der Waals surface area (Å²) in [6.45, 7) is -0.291. The topological polar surface area (TPSA) is 99.5 Å². The average Bonchev–Trinajstić information content (AvgIpc) is 3.18. The molecule has 0 aliphatic heterocycles. The molecule has 2 heterocycles. The van der Waals surface area contributed by atoms with Gasteiger partial charge in [-0.2, -0.15) is 4.68 Å². The molecule has 0 unspecified atom stereocenters. The van der Waals surface area contributed by atoms with Gasteiger partial charge in [-0.1, -0.05) is 12.1 Å². The Morgan fingerprint density at radius 3 is 2.87 bits per heavy atom. The molecule has 0 aliphatic carbocycles. The maximum atomic E-state index is 12.1. The van der Waals surface area contributed by atoms with E-state index in [2.05, 4.69) is 10.4 Å². The molecule has 0 radical (unpaired) electrons. The quantitative estimate of drug-likeness (QED) is 0.770. The summed E-state index contributed by atoms with van der Waals surface area (Å²) in [6, 6.07) is 10.2. The van der Waals surface area contributed by atoms with Crippen LogP contribution in [0.5, 0.6) is 5.75 Å². The number of ether oxygens (including phenoxy) is 1. The van der Waals surface area contributed by atoms with Gasteiger partial charge in [0.25, 0.3) is 5.89 Å². The van der Waals surface area contributed by atoms with Crippen LogP contribution in [0.1, 0.15) is 0 Å². The van der Waals surface area contributed by atoms with E-state index in [0.717, 1.165) is 4.68 Å². The van der Waals surface area contributed by atoms with E-state index in [9.17, 15) is 9.59 Å². The highest BCUT2D eigenvalue weighted by Gasteiger charge is 2.15. The first kappa shape index (κ1) is 14.6. The zero-order valence-corrected chi connectivity index (χ0v) is 12.2. The van der Waals surface area contributed by atoms with Crippen LogP contribution in [0.3, 0.4) is 0 Å². The smallest absolute Gasteiger partial charge is 0.437 e. The van der Waals surface area contributed by atoms with Crippen molar-refractivity contribution in [2.24, 2.45) is 0 Å². The number of nitrogens with zero attached hydrogens (tertiary/aromatic N) is 2. The third kappa shape index (κ3) is 3.15. The second-order valence-corrected chi connectivity index (χ2v) is 4.56. The van der Waals surface area contributed by atoms with Crippen molar-refractivity contribution in [1.29, 1.82) is 0 Å². The van der Waals surface area contributed by atoms with Crippen molar-refractivity contribution in [3.63, 3.8) is 0 Å². The number of carbonyl (C=O) groups excluding carboxylic acids is 1. The molecule has 1 amide bonds. The highest BCUT2D eigenvalue weighted by atomic mass is 16.5. The van der Waals surface area contributed by atoms with Crippen LogP contribution in [0.25, 0.3) is 11.7 Å². The summed E-state index contributed by atoms with van der Waals surface area (Å²) in [5, 5.41) is 6.58. The fourth-order valence-electron chi connectivity index (χ4n) is 1.98. The first-order chi connectivity index (χ1) is 11.2. The largest absolute Gasteiger partial charge is 0.495 e. The summed E-state index contributed by atoms with van der Waals surface area (Å²) in [5.41, 5.74) is 0.503. The second kappa shape index (κ2) is 6.22. The lowest BCUT2D eigenvalue weighted by Crippen LogP contribution is -2.26. The molecule has 23 heavy (non-hydrogen) atoms. The molecule has 0 fully saturated rings. The van der Waals surface area contributed by atoms with Crippen molar-refractivity contribution in [3.05, 3.63) is 53.2 Å². The monoisotopic (exact) mass is 315 g/mol. The Hall–Kier alpha value is -3.29. The van der Waals surface area contributed by atoms with E-state index in [1.54, 1.807) is 36.4 Å². The summed E-state index contributed by atoms with van der Waals surface area (Å²) < 4.78 is 16.1. The van der Waals surface area contributed by atoms with E-state index in [-0.39, 0.29) is 12.4 Å². The van der Waals surface area contributed by atoms with E-state index in [1.165, 1.54) is 13.4 Å². The van der Waals surface area contributed by atoms with Crippen molar-refractivity contribution in [2.75, 3.05) is 12.4 Å². The Labute approximate surface area is 130 Å². The summed E-state index contributed by atoms with van der Waals surface area (Å²) in [7, 11) is 1.50. The van der Waals surface area contributed by atoms with Gasteiger partial charge >= 0.3 is 5.76 Å². The van der Waals surface area contributed by atoms with Gasteiger partial charge in [-0.15, -0.1) is 5.10 Å². The molecule has 0 bridgehead atoms. The number of hydrogen-bond acceptors (Lipinski definition) is 6. The summed E-state index contributed by atoms with van der Waals surface area (Å²) >= 11 is 0. The molecule has 0 atom stereocenters. The van der Waals surface area contributed by atoms with Gasteiger partial charge in [0, 0.05) is 0 Å². The molecule has 1 N–H and O–H groups in total. The van der Waals surface area contributed by atoms with Crippen LogP contribution in [-0.4, -0.2) is 22.8 Å². The first-order valence-corrected chi connectivity index (χ1v) is 6.72. The Bertz CT molecular complexity index is 863. The maximum Gasteiger partial charge on any atom is 0.437 e. The van der Waals surface area contributed by atoms with Crippen LogP contribution in [0, 0.1) is 0 Å². The van der Waals surface area contributed by atoms with Gasteiger partial charge in [0.1, 0.15) is 12.3 Å². The van der Waals surface area contributed by atoms with Gasteiger partial charge in [-0.3, -0.25) is 4.79 Å². The number of benzene rings is 1. The van der Waals surface area contributed by atoms with E-state index in [1.807, 2.05) is 0 Å². The van der Waals surface area contributed by atoms with Crippen LogP contribution < -0.4 is 15.8 Å². The number of anilines is 1. The highest BCUT2D eigenvalue weighted by Crippen LogP contribution is 2.22. The summed E-state index contributed by atoms with van der Waals surface area (Å²) in [6.07, 6.45) is 1.43. The van der Waals surface area contributed by atoms with Crippen molar-refractivity contribution in [1.82, 2.24) is 9.78 Å². The van der Waals surface area contributed by atoms with Crippen LogP contribution in [0.15, 0.2) is 56.3 Å². The normalized spacial score (nSPS) is 10.5. The molecule has 2 aromatic heterocycles. The van der Waals surface area contributed by atoms with Crippen LogP contribution in [0.4, 0.5) is 5.69 Å². The highest BCUT2D eigenvalue weighted by molar-refractivity contribution is 5.92. The lowest BCUT2D eigenvalue weighted by Gasteiger charge is -2.09. The second-order valence-electron chi connectivity index (χ2n) is 4.56. The van der Waals surface area contributed by atoms with Gasteiger partial charge in [-0.05, 0) is 24.3 Å². The van der Waals surface area contributed by atoms with Crippen LogP contribution >= 0.6 is 0 Å². The van der Waals surface area contributed by atoms with Crippen LogP contribution in [-0.2, 0) is 11.3 Å². The van der Waals surface area contributed by atoms with Crippen LogP contribution in [0.2, 0.25) is 0 Å². The van der Waals surface area contributed by atoms with E-state index in [0.29, 0.717) is 17.2 Å². The molecule has 1 aromatic carbocycles. The molecule has 8 heteroatoms. The number of methoxy groups -OCH3 is 1. The average molecular weight is 315 g/mol. The number of aromatic nitrogens is 2. The third-order valence-corrected chi connectivity index (χ3v) is 3.01. The van der Waals surface area contributed by atoms with Gasteiger partial charge < -0.3 is 18.9 Å². The number of amides is 1. The Kier molecular flexibility index (Phi) is 3.96. The molecular formula is C15H13N3O5. The van der Waals surface area contributed by atoms with E-state index in [4.69, 9.17) is 13.6 Å². The fraction of sp³-hybridized carbons (Fsp3) is 0.133. The lowest BCUT2D eigenvalue weighted by molar-refractivity contribution is -0.117. The number of nitrogens with one attached hydrogen (secondary N) is 1. The van der Waals surface area contributed by atoms with Crippen molar-refractivity contribution in [3.8, 4) is 17.4 Å². The molecule has 0 saturated carbocycles. The molecule has 0 spiro atoms. The maximum absolute atomic E-state index is 12.1. The SMILES string of the molecule is COc1ccccc1NC(=O)Cn1nc(-c2ccco2)oc1=O. The number of rotatable bonds is 5. The standard InChI is InChI=1S/C15H13N3O5/c1-21-11-6-3-2-5-10(11)16-13(19)9-18-15(20)23-14(17-18)12-7-4-8-22-12/h2-8H,9H2,1H3,(H,16,19). The number of para-hydroxylation sites is 2. The van der Waals surface area contributed by atoms with Crippen molar-refractivity contribution >= 4 is 11.6 Å². The molecule has 0 saturated heterocycles. The van der Waals surface area contributed by atoms with Gasteiger partial charge in [0.05, 0.1) is 19.1 Å². The zero-order valence-electron chi connectivity index (χ0n) is 12.2. The molecule has 8 nitrogen and oxygen atoms in total. The molecule has 0 aliphatic rings. The van der Waals surface area contributed by atoms with E-state index < -0.39 is 11.7 Å². The first-order valence-electron chi connectivity index (χ1n) is 6.72. The van der Waals surface area contributed by atoms with Crippen molar-refractivity contribution < 1.29 is 18.4 Å². The Morgan fingerprint density at radius 2 is 2.13 bits per heavy atom. The molecular weight excluding hydrogens is 302 g/mol. The van der Waals surface area contributed by atoms with Gasteiger partial charge in [0.15, 0.2) is 5.76 Å².